The molecule has 0 aliphatic rings. The second-order valence-corrected chi connectivity index (χ2v) is 4.61. The van der Waals surface area contributed by atoms with Gasteiger partial charge < -0.3 is 15.4 Å². The Labute approximate surface area is 99.9 Å². The molecule has 5 heteroatoms. The molecule has 0 radical (unpaired) electrons. The molecule has 0 aliphatic heterocycles. The van der Waals surface area contributed by atoms with Crippen LogP contribution in [0.15, 0.2) is 4.79 Å². The van der Waals surface area contributed by atoms with E-state index in [1.54, 1.807) is 13.8 Å². The fraction of sp³-hybridized carbons (Fsp3) is 0.500. The highest BCUT2D eigenvalue weighted by atomic mass is 16.4. The summed E-state index contributed by atoms with van der Waals surface area (Å²) in [4.78, 5) is 23.1. The second-order valence-electron chi connectivity index (χ2n) is 4.61. The lowest BCUT2D eigenvalue weighted by Crippen LogP contribution is -2.32. The number of carboxylic acids is 1. The minimum Gasteiger partial charge on any atom is -0.477 e. The zero-order valence-corrected chi connectivity index (χ0v) is 10.6. The monoisotopic (exact) mass is 238 g/mol. The molecule has 0 amide bonds. The first-order valence-corrected chi connectivity index (χ1v) is 5.50. The molecule has 0 fully saturated rings. The molecule has 0 saturated heterocycles. The minimum atomic E-state index is -1.23. The van der Waals surface area contributed by atoms with Gasteiger partial charge >= 0.3 is 5.97 Å². The summed E-state index contributed by atoms with van der Waals surface area (Å²) < 4.78 is 1.44. The van der Waals surface area contributed by atoms with Gasteiger partial charge in [0.15, 0.2) is 0 Å². The average molecular weight is 238 g/mol. The van der Waals surface area contributed by atoms with E-state index in [0.717, 1.165) is 0 Å². The molecule has 1 aromatic heterocycles. The van der Waals surface area contributed by atoms with Gasteiger partial charge in [-0.1, -0.05) is 13.8 Å². The van der Waals surface area contributed by atoms with Crippen molar-refractivity contribution in [1.82, 2.24) is 4.57 Å². The first kappa shape index (κ1) is 13.3. The van der Waals surface area contributed by atoms with Gasteiger partial charge in [0, 0.05) is 12.2 Å². The number of anilines is 1. The number of nitrogen functional groups attached to an aromatic ring is 1. The summed E-state index contributed by atoms with van der Waals surface area (Å²) in [5.74, 6) is -0.980. The average Bonchev–Trinajstić information content (AvgIpc) is 2.21. The van der Waals surface area contributed by atoms with Gasteiger partial charge in [-0.25, -0.2) is 4.79 Å². The van der Waals surface area contributed by atoms with Gasteiger partial charge in [0.05, 0.1) is 5.69 Å². The van der Waals surface area contributed by atoms with Crippen LogP contribution in [-0.2, 0) is 6.54 Å². The van der Waals surface area contributed by atoms with Crippen molar-refractivity contribution < 1.29 is 9.90 Å². The number of pyridine rings is 1. The van der Waals surface area contributed by atoms with Gasteiger partial charge in [0.25, 0.3) is 5.56 Å². The number of rotatable bonds is 3. The highest BCUT2D eigenvalue weighted by Gasteiger charge is 2.20. The van der Waals surface area contributed by atoms with E-state index in [1.165, 1.54) is 4.57 Å². The zero-order valence-electron chi connectivity index (χ0n) is 10.6. The summed E-state index contributed by atoms with van der Waals surface area (Å²) in [6.45, 7) is 7.69. The Kier molecular flexibility index (Phi) is 3.60. The Morgan fingerprint density at radius 1 is 1.41 bits per heavy atom. The number of aromatic nitrogens is 1. The quantitative estimate of drug-likeness (QED) is 0.833. The van der Waals surface area contributed by atoms with Gasteiger partial charge in [-0.2, -0.15) is 0 Å². The van der Waals surface area contributed by atoms with Gasteiger partial charge in [-0.3, -0.25) is 4.79 Å². The van der Waals surface area contributed by atoms with Crippen molar-refractivity contribution in [3.05, 3.63) is 27.2 Å². The molecule has 0 atom stereocenters. The molecule has 0 bridgehead atoms. The fourth-order valence-corrected chi connectivity index (χ4v) is 1.84. The summed E-state index contributed by atoms with van der Waals surface area (Å²) >= 11 is 0. The molecule has 1 heterocycles. The van der Waals surface area contributed by atoms with E-state index >= 15 is 0 Å². The molecule has 0 spiro atoms. The van der Waals surface area contributed by atoms with Crippen molar-refractivity contribution in [3.63, 3.8) is 0 Å². The Bertz CT molecular complexity index is 515. The number of carboxylic acid groups (broad SMARTS) is 1. The Hall–Kier alpha value is -1.78. The first-order chi connectivity index (χ1) is 7.77. The molecule has 3 N–H and O–H groups in total. The van der Waals surface area contributed by atoms with Crippen LogP contribution in [0.4, 0.5) is 5.69 Å². The lowest BCUT2D eigenvalue weighted by molar-refractivity contribution is 0.0693. The fourth-order valence-electron chi connectivity index (χ4n) is 1.84. The largest absolute Gasteiger partial charge is 0.477 e. The SMILES string of the molecule is Cc1c(N)c(C)n(CC(C)C)c(=O)c1C(=O)O. The van der Waals surface area contributed by atoms with E-state index in [2.05, 4.69) is 0 Å². The maximum absolute atomic E-state index is 12.1. The van der Waals surface area contributed by atoms with Crippen LogP contribution in [0.1, 0.15) is 35.5 Å². The number of hydrogen-bond donors (Lipinski definition) is 2. The third kappa shape index (κ3) is 2.33. The highest BCUT2D eigenvalue weighted by Crippen LogP contribution is 2.18. The third-order valence-electron chi connectivity index (χ3n) is 2.79. The number of carbonyl (C=O) groups is 1. The van der Waals surface area contributed by atoms with E-state index in [-0.39, 0.29) is 11.5 Å². The van der Waals surface area contributed by atoms with Crippen LogP contribution >= 0.6 is 0 Å². The van der Waals surface area contributed by atoms with Crippen molar-refractivity contribution in [2.45, 2.75) is 34.2 Å². The molecule has 0 aromatic carbocycles. The van der Waals surface area contributed by atoms with Crippen LogP contribution < -0.4 is 11.3 Å². The minimum absolute atomic E-state index is 0.228. The van der Waals surface area contributed by atoms with Gasteiger partial charge in [0.1, 0.15) is 5.56 Å². The van der Waals surface area contributed by atoms with Crippen molar-refractivity contribution in [3.8, 4) is 0 Å². The van der Waals surface area contributed by atoms with E-state index in [4.69, 9.17) is 10.8 Å². The molecule has 0 saturated carbocycles. The van der Waals surface area contributed by atoms with Gasteiger partial charge in [0.2, 0.25) is 0 Å². The predicted molar refractivity (Wildman–Crippen MR) is 66.4 cm³/mol. The molecule has 0 aliphatic carbocycles. The van der Waals surface area contributed by atoms with Gasteiger partial charge in [-0.05, 0) is 25.3 Å². The van der Waals surface area contributed by atoms with Crippen LogP contribution in [0.25, 0.3) is 0 Å². The molecule has 1 rings (SSSR count). The number of nitrogens with two attached hydrogens (primary N) is 1. The smallest absolute Gasteiger partial charge is 0.341 e. The lowest BCUT2D eigenvalue weighted by atomic mass is 10.1. The zero-order chi connectivity index (χ0) is 13.3. The molecular formula is C12H18N2O3. The summed E-state index contributed by atoms with van der Waals surface area (Å²) in [6, 6.07) is 0. The number of aromatic carboxylic acids is 1. The normalized spacial score (nSPS) is 10.9. The molecule has 94 valence electrons. The summed E-state index contributed by atoms with van der Waals surface area (Å²) in [7, 11) is 0. The molecule has 1 aromatic rings. The van der Waals surface area contributed by atoms with E-state index in [9.17, 15) is 9.59 Å². The topological polar surface area (TPSA) is 85.3 Å². The Morgan fingerprint density at radius 2 is 1.94 bits per heavy atom. The first-order valence-electron chi connectivity index (χ1n) is 5.50. The molecule has 5 nitrogen and oxygen atoms in total. The lowest BCUT2D eigenvalue weighted by Gasteiger charge is -2.17. The molecule has 0 unspecified atom stereocenters. The van der Waals surface area contributed by atoms with Crippen LogP contribution in [0, 0.1) is 19.8 Å². The third-order valence-corrected chi connectivity index (χ3v) is 2.79. The van der Waals surface area contributed by atoms with Crippen molar-refractivity contribution in [1.29, 1.82) is 0 Å². The van der Waals surface area contributed by atoms with Crippen LogP contribution in [0.2, 0.25) is 0 Å². The van der Waals surface area contributed by atoms with Gasteiger partial charge in [-0.15, -0.1) is 0 Å². The summed E-state index contributed by atoms with van der Waals surface area (Å²) in [6.07, 6.45) is 0. The molecule has 17 heavy (non-hydrogen) atoms. The van der Waals surface area contributed by atoms with Crippen LogP contribution in [0.5, 0.6) is 0 Å². The predicted octanol–water partition coefficient (Wildman–Crippen LogP) is 1.40. The standard InChI is InChI=1S/C12H18N2O3/c1-6(2)5-14-8(4)10(13)7(3)9(11(14)15)12(16)17/h6H,5,13H2,1-4H3,(H,16,17). The maximum atomic E-state index is 12.1. The Balaban J connectivity index is 3.62. The van der Waals surface area contributed by atoms with E-state index in [0.29, 0.717) is 23.5 Å². The summed E-state index contributed by atoms with van der Waals surface area (Å²) in [5, 5.41) is 9.05. The Morgan fingerprint density at radius 3 is 2.35 bits per heavy atom. The highest BCUT2D eigenvalue weighted by molar-refractivity contribution is 5.90. The molecular weight excluding hydrogens is 220 g/mol. The maximum Gasteiger partial charge on any atom is 0.341 e. The van der Waals surface area contributed by atoms with Crippen LogP contribution in [-0.4, -0.2) is 15.6 Å². The van der Waals surface area contributed by atoms with Crippen LogP contribution in [0.3, 0.4) is 0 Å². The van der Waals surface area contributed by atoms with E-state index < -0.39 is 11.5 Å². The number of nitrogens with zero attached hydrogens (tertiary/aromatic N) is 1. The summed E-state index contributed by atoms with van der Waals surface area (Å²) in [5.41, 5.74) is 6.49. The van der Waals surface area contributed by atoms with Crippen molar-refractivity contribution in [2.75, 3.05) is 5.73 Å². The number of hydrogen-bond acceptors (Lipinski definition) is 3. The second kappa shape index (κ2) is 4.61. The van der Waals surface area contributed by atoms with Crippen molar-refractivity contribution in [2.24, 2.45) is 5.92 Å². The van der Waals surface area contributed by atoms with E-state index in [1.807, 2.05) is 13.8 Å². The van der Waals surface area contributed by atoms with Crippen molar-refractivity contribution >= 4 is 11.7 Å².